The summed E-state index contributed by atoms with van der Waals surface area (Å²) >= 11 is 0. The zero-order valence-corrected chi connectivity index (χ0v) is 10.8. The second kappa shape index (κ2) is 5.71. The molecule has 2 fully saturated rings. The molecule has 0 saturated carbocycles. The Morgan fingerprint density at radius 1 is 1.18 bits per heavy atom. The molecule has 0 aliphatic carbocycles. The Bertz CT molecular complexity index is 262. The Labute approximate surface area is 104 Å². The highest BCUT2D eigenvalue weighted by Crippen LogP contribution is 2.21. The van der Waals surface area contributed by atoms with Gasteiger partial charge in [-0.25, -0.2) is 4.79 Å². The van der Waals surface area contributed by atoms with E-state index in [1.807, 2.05) is 9.80 Å². The van der Waals surface area contributed by atoms with E-state index in [4.69, 9.17) is 5.11 Å². The zero-order valence-electron chi connectivity index (χ0n) is 10.8. The van der Waals surface area contributed by atoms with Crippen molar-refractivity contribution in [2.24, 2.45) is 11.8 Å². The summed E-state index contributed by atoms with van der Waals surface area (Å²) in [5.74, 6) is 1.04. The fourth-order valence-electron chi connectivity index (χ4n) is 2.87. The van der Waals surface area contributed by atoms with Crippen LogP contribution in [0.5, 0.6) is 0 Å². The van der Waals surface area contributed by atoms with Gasteiger partial charge in [0, 0.05) is 32.8 Å². The van der Waals surface area contributed by atoms with E-state index >= 15 is 0 Å². The van der Waals surface area contributed by atoms with Crippen molar-refractivity contribution in [2.45, 2.75) is 32.6 Å². The van der Waals surface area contributed by atoms with Gasteiger partial charge < -0.3 is 14.9 Å². The number of carbonyl (C=O) groups is 1. The van der Waals surface area contributed by atoms with Gasteiger partial charge in [0.15, 0.2) is 0 Å². The lowest BCUT2D eigenvalue weighted by Gasteiger charge is -2.38. The van der Waals surface area contributed by atoms with Crippen LogP contribution in [0.15, 0.2) is 0 Å². The number of aliphatic hydroxyl groups excluding tert-OH is 1. The van der Waals surface area contributed by atoms with Gasteiger partial charge in [-0.3, -0.25) is 0 Å². The van der Waals surface area contributed by atoms with Gasteiger partial charge in [-0.2, -0.15) is 0 Å². The number of likely N-dealkylation sites (tertiary alicyclic amines) is 2. The minimum absolute atomic E-state index is 0.216. The first-order chi connectivity index (χ1) is 8.20. The number of hydrogen-bond acceptors (Lipinski definition) is 2. The minimum Gasteiger partial charge on any atom is -0.396 e. The molecule has 2 rings (SSSR count). The monoisotopic (exact) mass is 240 g/mol. The summed E-state index contributed by atoms with van der Waals surface area (Å²) in [4.78, 5) is 16.3. The molecule has 1 N–H and O–H groups in total. The van der Waals surface area contributed by atoms with E-state index in [1.165, 1.54) is 6.42 Å². The van der Waals surface area contributed by atoms with Crippen LogP contribution in [-0.2, 0) is 0 Å². The van der Waals surface area contributed by atoms with Gasteiger partial charge in [0.2, 0.25) is 0 Å². The smallest absolute Gasteiger partial charge is 0.320 e. The summed E-state index contributed by atoms with van der Waals surface area (Å²) in [6, 6.07) is 0.216. The maximum Gasteiger partial charge on any atom is 0.320 e. The standard InChI is InChI=1S/C13H24N2O2/c1-11-3-2-6-15(9-11)13(17)14-7-4-12(10-16)5-8-14/h11-12,16H,2-10H2,1H3. The van der Waals surface area contributed by atoms with Gasteiger partial charge in [-0.05, 0) is 37.5 Å². The van der Waals surface area contributed by atoms with Crippen LogP contribution >= 0.6 is 0 Å². The first-order valence-electron chi connectivity index (χ1n) is 6.85. The van der Waals surface area contributed by atoms with Gasteiger partial charge in [0.1, 0.15) is 0 Å². The molecule has 98 valence electrons. The van der Waals surface area contributed by atoms with Gasteiger partial charge >= 0.3 is 6.03 Å². The summed E-state index contributed by atoms with van der Waals surface area (Å²) < 4.78 is 0. The van der Waals surface area contributed by atoms with Crippen LogP contribution in [0.1, 0.15) is 32.6 Å². The van der Waals surface area contributed by atoms with Crippen molar-refractivity contribution in [1.82, 2.24) is 9.80 Å². The van der Waals surface area contributed by atoms with E-state index in [0.29, 0.717) is 11.8 Å². The predicted octanol–water partition coefficient (Wildman–Crippen LogP) is 1.54. The number of nitrogens with zero attached hydrogens (tertiary/aromatic N) is 2. The molecule has 0 aromatic rings. The molecule has 1 unspecified atom stereocenters. The number of carbonyl (C=O) groups excluding carboxylic acids is 1. The van der Waals surface area contributed by atoms with Gasteiger partial charge in [-0.15, -0.1) is 0 Å². The number of piperidine rings is 2. The number of urea groups is 1. The third kappa shape index (κ3) is 3.12. The van der Waals surface area contributed by atoms with Crippen molar-refractivity contribution in [1.29, 1.82) is 0 Å². The van der Waals surface area contributed by atoms with E-state index in [1.54, 1.807) is 0 Å². The molecule has 17 heavy (non-hydrogen) atoms. The molecule has 0 spiro atoms. The highest BCUT2D eigenvalue weighted by Gasteiger charge is 2.28. The number of amides is 2. The third-order valence-electron chi connectivity index (χ3n) is 4.07. The van der Waals surface area contributed by atoms with Gasteiger partial charge in [0.25, 0.3) is 0 Å². The molecule has 0 radical (unpaired) electrons. The Morgan fingerprint density at radius 3 is 2.47 bits per heavy atom. The predicted molar refractivity (Wildman–Crippen MR) is 66.7 cm³/mol. The third-order valence-corrected chi connectivity index (χ3v) is 4.07. The van der Waals surface area contributed by atoms with Crippen LogP contribution in [0.2, 0.25) is 0 Å². The van der Waals surface area contributed by atoms with Crippen molar-refractivity contribution < 1.29 is 9.90 Å². The Kier molecular flexibility index (Phi) is 4.26. The van der Waals surface area contributed by atoms with Crippen LogP contribution in [0.25, 0.3) is 0 Å². The zero-order chi connectivity index (χ0) is 12.3. The molecule has 0 bridgehead atoms. The van der Waals surface area contributed by atoms with Crippen molar-refractivity contribution in [3.63, 3.8) is 0 Å². The SMILES string of the molecule is CC1CCCN(C(=O)N2CCC(CO)CC2)C1. The minimum atomic E-state index is 0.216. The molecular formula is C13H24N2O2. The van der Waals surface area contributed by atoms with E-state index in [-0.39, 0.29) is 12.6 Å². The molecule has 4 heteroatoms. The fourth-order valence-corrected chi connectivity index (χ4v) is 2.87. The highest BCUT2D eigenvalue weighted by atomic mass is 16.3. The van der Waals surface area contributed by atoms with Gasteiger partial charge in [-0.1, -0.05) is 6.92 Å². The average Bonchev–Trinajstić information content (AvgIpc) is 2.38. The topological polar surface area (TPSA) is 43.8 Å². The normalized spacial score (nSPS) is 27.3. The van der Waals surface area contributed by atoms with Crippen molar-refractivity contribution in [3.05, 3.63) is 0 Å². The van der Waals surface area contributed by atoms with E-state index in [0.717, 1.165) is 45.4 Å². The van der Waals surface area contributed by atoms with Crippen LogP contribution < -0.4 is 0 Å². The number of rotatable bonds is 1. The molecule has 0 aromatic carbocycles. The van der Waals surface area contributed by atoms with E-state index in [9.17, 15) is 4.79 Å². The van der Waals surface area contributed by atoms with Crippen molar-refractivity contribution in [2.75, 3.05) is 32.8 Å². The van der Waals surface area contributed by atoms with Crippen LogP contribution in [0.4, 0.5) is 4.79 Å². The van der Waals surface area contributed by atoms with Crippen LogP contribution in [-0.4, -0.2) is 53.7 Å². The Hall–Kier alpha value is -0.770. The fraction of sp³-hybridized carbons (Fsp3) is 0.923. The number of hydrogen-bond donors (Lipinski definition) is 1. The molecule has 4 nitrogen and oxygen atoms in total. The quantitative estimate of drug-likeness (QED) is 0.755. The summed E-state index contributed by atoms with van der Waals surface area (Å²) in [6.07, 6.45) is 4.29. The lowest BCUT2D eigenvalue weighted by molar-refractivity contribution is 0.102. The second-order valence-electron chi connectivity index (χ2n) is 5.59. The maximum atomic E-state index is 12.3. The largest absolute Gasteiger partial charge is 0.396 e. The molecule has 2 aliphatic heterocycles. The summed E-state index contributed by atoms with van der Waals surface area (Å²) in [7, 11) is 0. The first-order valence-corrected chi connectivity index (χ1v) is 6.85. The first kappa shape index (κ1) is 12.7. The summed E-state index contributed by atoms with van der Waals surface area (Å²) in [6.45, 7) is 5.95. The summed E-state index contributed by atoms with van der Waals surface area (Å²) in [5, 5.41) is 9.09. The molecule has 1 atom stereocenters. The molecule has 2 saturated heterocycles. The van der Waals surface area contributed by atoms with Gasteiger partial charge in [0.05, 0.1) is 0 Å². The molecule has 2 aliphatic rings. The van der Waals surface area contributed by atoms with Crippen LogP contribution in [0.3, 0.4) is 0 Å². The molecular weight excluding hydrogens is 216 g/mol. The van der Waals surface area contributed by atoms with E-state index < -0.39 is 0 Å². The summed E-state index contributed by atoms with van der Waals surface area (Å²) in [5.41, 5.74) is 0. The number of aliphatic hydroxyl groups is 1. The van der Waals surface area contributed by atoms with Crippen molar-refractivity contribution in [3.8, 4) is 0 Å². The van der Waals surface area contributed by atoms with Crippen LogP contribution in [0, 0.1) is 11.8 Å². The second-order valence-corrected chi connectivity index (χ2v) is 5.59. The van der Waals surface area contributed by atoms with E-state index in [2.05, 4.69) is 6.92 Å². The van der Waals surface area contributed by atoms with Crippen molar-refractivity contribution >= 4 is 6.03 Å². The lowest BCUT2D eigenvalue weighted by atomic mass is 9.97. The Balaban J connectivity index is 1.83. The maximum absolute atomic E-state index is 12.3. The molecule has 0 aromatic heterocycles. The molecule has 2 amide bonds. The average molecular weight is 240 g/mol. The highest BCUT2D eigenvalue weighted by molar-refractivity contribution is 5.74. The Morgan fingerprint density at radius 2 is 1.88 bits per heavy atom. The lowest BCUT2D eigenvalue weighted by Crippen LogP contribution is -2.49. The molecule has 2 heterocycles.